The summed E-state index contributed by atoms with van der Waals surface area (Å²) < 4.78 is 15.3. The number of rotatable bonds is 15. The number of nitrogens with zero attached hydrogens (tertiary/aromatic N) is 9. The Kier molecular flexibility index (Phi) is 13.6. The van der Waals surface area contributed by atoms with Gasteiger partial charge in [0.2, 0.25) is 11.9 Å². The molecule has 64 heavy (non-hydrogen) atoms. The van der Waals surface area contributed by atoms with Crippen molar-refractivity contribution in [2.45, 2.75) is 51.7 Å². The van der Waals surface area contributed by atoms with Gasteiger partial charge in [-0.1, -0.05) is 49.6 Å². The van der Waals surface area contributed by atoms with E-state index in [-0.39, 0.29) is 23.8 Å². The van der Waals surface area contributed by atoms with Crippen LogP contribution in [0.5, 0.6) is 11.5 Å². The molecule has 0 unspecified atom stereocenters. The minimum Gasteiger partial charge on any atom is -0.508 e. The maximum absolute atomic E-state index is 13.5. The van der Waals surface area contributed by atoms with E-state index in [0.717, 1.165) is 80.2 Å². The number of piperazine rings is 1. The van der Waals surface area contributed by atoms with Crippen molar-refractivity contribution in [1.82, 2.24) is 44.7 Å². The molecule has 0 saturated carbocycles. The maximum Gasteiger partial charge on any atom is 0.282 e. The second kappa shape index (κ2) is 19.8. The zero-order valence-corrected chi connectivity index (χ0v) is 36.3. The molecule has 2 fully saturated rings. The lowest BCUT2D eigenvalue weighted by molar-refractivity contribution is -0.129. The molecular weight excluding hydrogens is 814 g/mol. The number of amides is 2. The molecule has 0 atom stereocenters. The van der Waals surface area contributed by atoms with E-state index < -0.39 is 11.7 Å². The number of hydrogen-bond donors (Lipinski definition) is 4. The van der Waals surface area contributed by atoms with Crippen LogP contribution in [0.15, 0.2) is 85.7 Å². The van der Waals surface area contributed by atoms with E-state index >= 15 is 0 Å². The minimum absolute atomic E-state index is 0.0275. The van der Waals surface area contributed by atoms with E-state index in [1.807, 2.05) is 16.7 Å². The lowest BCUT2D eigenvalue weighted by Crippen LogP contribution is -2.49. The number of nitrogens with one attached hydrogen (secondary N) is 2. The average molecular weight is 870 g/mol. The maximum atomic E-state index is 13.5. The van der Waals surface area contributed by atoms with Crippen molar-refractivity contribution in [3.05, 3.63) is 119 Å². The summed E-state index contributed by atoms with van der Waals surface area (Å²) in [5.41, 5.74) is 6.93. The first-order valence-electron chi connectivity index (χ1n) is 22.0. The van der Waals surface area contributed by atoms with Crippen LogP contribution in [-0.4, -0.2) is 121 Å². The molecule has 3 aromatic carbocycles. The van der Waals surface area contributed by atoms with Crippen molar-refractivity contribution in [1.29, 1.82) is 0 Å². The van der Waals surface area contributed by atoms with E-state index in [4.69, 9.17) is 9.97 Å². The Morgan fingerprint density at radius 1 is 0.891 bits per heavy atom. The van der Waals surface area contributed by atoms with Crippen LogP contribution in [0.2, 0.25) is 0 Å². The molecule has 3 aliphatic rings. The van der Waals surface area contributed by atoms with Crippen LogP contribution in [0.25, 0.3) is 23.2 Å². The van der Waals surface area contributed by atoms with Crippen LogP contribution >= 0.6 is 0 Å². The Labute approximate surface area is 373 Å². The number of fused-ring (bicyclic) bond motifs is 1. The van der Waals surface area contributed by atoms with Crippen molar-refractivity contribution in [3.63, 3.8) is 0 Å². The van der Waals surface area contributed by atoms with Crippen LogP contribution in [-0.2, 0) is 42.1 Å². The fraction of sp³-hybridized carbons (Fsp3) is 0.375. The highest BCUT2D eigenvalue weighted by Crippen LogP contribution is 2.34. The van der Waals surface area contributed by atoms with Crippen LogP contribution in [0.3, 0.4) is 0 Å². The molecule has 3 aliphatic heterocycles. The molecule has 15 nitrogen and oxygen atoms in total. The first kappa shape index (κ1) is 44.0. The normalized spacial score (nSPS) is 16.0. The number of phenolic OH excluding ortho intramolecular Hbond substituents is 2. The SMILES string of the molecule is C=Cc1nnc(-c2ccc(O)cc2O)n1-c1ccc(CC2CCN(Cc3ccc(CNC(=O)CCNc4nc5c(c(N6CCN(C(=O)C(=C)F)CC6)n4)CCN(C)C5)cc3)CC2)cc1. The molecule has 4 N–H and O–H groups in total. The number of phenols is 2. The lowest BCUT2D eigenvalue weighted by Gasteiger charge is -2.37. The van der Waals surface area contributed by atoms with Gasteiger partial charge in [-0.2, -0.15) is 4.98 Å². The van der Waals surface area contributed by atoms with Gasteiger partial charge in [-0.15, -0.1) is 10.2 Å². The second-order valence-electron chi connectivity index (χ2n) is 17.0. The molecule has 2 amide bonds. The zero-order chi connectivity index (χ0) is 44.7. The molecule has 8 rings (SSSR count). The average Bonchev–Trinajstić information content (AvgIpc) is 3.73. The van der Waals surface area contributed by atoms with Crippen LogP contribution in [0.1, 0.15) is 53.0 Å². The summed E-state index contributed by atoms with van der Waals surface area (Å²) >= 11 is 0. The Hall–Kier alpha value is -6.65. The van der Waals surface area contributed by atoms with Gasteiger partial charge in [-0.05, 0) is 98.8 Å². The quantitative estimate of drug-likeness (QED) is 0.0982. The highest BCUT2D eigenvalue weighted by Gasteiger charge is 2.29. The van der Waals surface area contributed by atoms with Crippen molar-refractivity contribution in [2.24, 2.45) is 5.92 Å². The van der Waals surface area contributed by atoms with Crippen molar-refractivity contribution < 1.29 is 24.2 Å². The Morgan fingerprint density at radius 3 is 2.31 bits per heavy atom. The van der Waals surface area contributed by atoms with Gasteiger partial charge in [-0.3, -0.25) is 19.1 Å². The predicted octanol–water partition coefficient (Wildman–Crippen LogP) is 5.47. The fourth-order valence-corrected chi connectivity index (χ4v) is 8.80. The third kappa shape index (κ3) is 10.4. The minimum atomic E-state index is -0.942. The molecule has 2 aromatic heterocycles. The zero-order valence-electron chi connectivity index (χ0n) is 36.3. The Morgan fingerprint density at radius 2 is 1.61 bits per heavy atom. The molecule has 0 aliphatic carbocycles. The smallest absolute Gasteiger partial charge is 0.282 e. The number of aromatic hydroxyl groups is 2. The summed E-state index contributed by atoms with van der Waals surface area (Å²) in [6, 6.07) is 21.3. The summed E-state index contributed by atoms with van der Waals surface area (Å²) in [4.78, 5) is 43.0. The van der Waals surface area contributed by atoms with Gasteiger partial charge in [0, 0.05) is 82.6 Å². The number of hydrogen-bond acceptors (Lipinski definition) is 12. The van der Waals surface area contributed by atoms with Crippen LogP contribution in [0, 0.1) is 5.92 Å². The summed E-state index contributed by atoms with van der Waals surface area (Å²) in [5, 5.41) is 35.1. The first-order valence-corrected chi connectivity index (χ1v) is 22.0. The standard InChI is InChI=1S/C48H56FN11O4/c1-4-43-54-55-46(40-14-13-38(61)28-42(40)62)60(43)37-11-9-33(10-12-37)27-34-16-21-57(22-17-34)30-36-7-5-35(6-8-36)29-51-44(63)15-19-50-48-52-41-31-56(3)20-18-39(41)45(53-48)58-23-25-59(26-24-58)47(64)32(2)49/h4-14,28,34,61-62H,1-2,15-27,29-31H2,3H3,(H,51,63)(H,50,52,53). The number of piperidine rings is 1. The van der Waals surface area contributed by atoms with E-state index in [0.29, 0.717) is 74.9 Å². The highest BCUT2D eigenvalue weighted by molar-refractivity contribution is 5.90. The molecule has 0 radical (unpaired) electrons. The Balaban J connectivity index is 0.767. The molecule has 0 spiro atoms. The van der Waals surface area contributed by atoms with E-state index in [2.05, 4.69) is 92.1 Å². The van der Waals surface area contributed by atoms with Gasteiger partial charge < -0.3 is 35.5 Å². The van der Waals surface area contributed by atoms with Crippen molar-refractivity contribution in [3.8, 4) is 28.6 Å². The van der Waals surface area contributed by atoms with E-state index in [9.17, 15) is 24.2 Å². The lowest BCUT2D eigenvalue weighted by atomic mass is 9.90. The third-order valence-electron chi connectivity index (χ3n) is 12.4. The predicted molar refractivity (Wildman–Crippen MR) is 244 cm³/mol. The van der Waals surface area contributed by atoms with Gasteiger partial charge in [-0.25, -0.2) is 9.37 Å². The number of likely N-dealkylation sites (tertiary alicyclic amines) is 1. The number of likely N-dealkylation sites (N-methyl/N-ethyl adjacent to an activating group) is 1. The molecule has 0 bridgehead atoms. The number of halogens is 1. The number of carbonyl (C=O) groups excluding carboxylic acids is 2. The second-order valence-corrected chi connectivity index (χ2v) is 17.0. The summed E-state index contributed by atoms with van der Waals surface area (Å²) in [6.45, 7) is 14.2. The molecule has 5 heterocycles. The number of benzene rings is 3. The molecule has 5 aromatic rings. The monoisotopic (exact) mass is 869 g/mol. The number of anilines is 2. The van der Waals surface area contributed by atoms with Gasteiger partial charge in [0.25, 0.3) is 5.91 Å². The molecule has 334 valence electrons. The summed E-state index contributed by atoms with van der Waals surface area (Å²) in [6.07, 6.45) is 5.94. The Bertz CT molecular complexity index is 2480. The van der Waals surface area contributed by atoms with E-state index in [1.54, 1.807) is 12.1 Å². The van der Waals surface area contributed by atoms with Crippen LogP contribution in [0.4, 0.5) is 16.2 Å². The number of carbonyl (C=O) groups is 2. The summed E-state index contributed by atoms with van der Waals surface area (Å²) in [7, 11) is 2.06. The molecular formula is C48H56FN11O4. The first-order chi connectivity index (χ1) is 31.0. The van der Waals surface area contributed by atoms with E-state index in [1.165, 1.54) is 28.2 Å². The topological polar surface area (TPSA) is 168 Å². The van der Waals surface area contributed by atoms with Crippen molar-refractivity contribution >= 4 is 29.7 Å². The largest absolute Gasteiger partial charge is 0.508 e. The molecule has 2 saturated heterocycles. The fourth-order valence-electron chi connectivity index (χ4n) is 8.80. The van der Waals surface area contributed by atoms with Gasteiger partial charge in [0.1, 0.15) is 17.3 Å². The van der Waals surface area contributed by atoms with Gasteiger partial charge >= 0.3 is 0 Å². The van der Waals surface area contributed by atoms with Gasteiger partial charge in [0.05, 0.1) is 11.3 Å². The third-order valence-corrected chi connectivity index (χ3v) is 12.4. The van der Waals surface area contributed by atoms with Crippen molar-refractivity contribution in [2.75, 3.05) is 69.6 Å². The molecule has 16 heteroatoms. The highest BCUT2D eigenvalue weighted by atomic mass is 19.1. The number of aromatic nitrogens is 5. The summed E-state index contributed by atoms with van der Waals surface area (Å²) in [5.74, 6) is 1.14. The van der Waals surface area contributed by atoms with Gasteiger partial charge in [0.15, 0.2) is 17.5 Å². The van der Waals surface area contributed by atoms with Crippen LogP contribution < -0.4 is 15.5 Å².